The van der Waals surface area contributed by atoms with Crippen molar-refractivity contribution in [2.24, 2.45) is 0 Å². The number of nitrogens with one attached hydrogen (secondary N) is 1. The number of alkyl halides is 3. The number of pyridine rings is 1. The fraction of sp³-hybridized carbons (Fsp3) is 0.364. The van der Waals surface area contributed by atoms with Crippen LogP contribution in [0, 0.1) is 0 Å². The number of anilines is 2. The highest BCUT2D eigenvalue weighted by atomic mass is 19.4. The van der Waals surface area contributed by atoms with Crippen LogP contribution in [-0.4, -0.2) is 42.1 Å². The summed E-state index contributed by atoms with van der Waals surface area (Å²) in [4.78, 5) is 16.0. The van der Waals surface area contributed by atoms with Crippen molar-refractivity contribution in [3.05, 3.63) is 53.2 Å². The summed E-state index contributed by atoms with van der Waals surface area (Å²) in [5, 5.41) is 12.5. The Morgan fingerprint density at radius 3 is 2.77 bits per heavy atom. The second-order valence-electron chi connectivity index (χ2n) is 7.51. The summed E-state index contributed by atoms with van der Waals surface area (Å²) >= 11 is 0. The Kier molecular flexibility index (Phi) is 5.86. The second-order valence-corrected chi connectivity index (χ2v) is 7.51. The monoisotopic (exact) mass is 434 g/mol. The number of carbonyl (C=O) groups is 1. The summed E-state index contributed by atoms with van der Waals surface area (Å²) < 4.78 is 49.2. The molecule has 2 heterocycles. The first-order chi connectivity index (χ1) is 14.8. The molecule has 9 heteroatoms. The molecule has 0 radical (unpaired) electrons. The lowest BCUT2D eigenvalue weighted by Crippen LogP contribution is -2.20. The molecule has 4 rings (SSSR count). The van der Waals surface area contributed by atoms with Crippen LogP contribution < -0.4 is 10.1 Å². The summed E-state index contributed by atoms with van der Waals surface area (Å²) in [5.74, 6) is -0.808. The molecule has 0 bridgehead atoms. The number of para-hydroxylation sites is 1. The molecule has 0 spiro atoms. The molecule has 2 aliphatic rings. The number of benzene rings is 1. The number of halogens is 3. The van der Waals surface area contributed by atoms with E-state index in [-0.39, 0.29) is 22.8 Å². The van der Waals surface area contributed by atoms with Crippen LogP contribution in [0.5, 0.6) is 5.75 Å². The zero-order valence-corrected chi connectivity index (χ0v) is 16.5. The zero-order valence-electron chi connectivity index (χ0n) is 16.5. The molecule has 0 saturated heterocycles. The first kappa shape index (κ1) is 21.2. The molecule has 1 aromatic heterocycles. The van der Waals surface area contributed by atoms with Crippen molar-refractivity contribution in [1.29, 1.82) is 0 Å². The van der Waals surface area contributed by atoms with Gasteiger partial charge in [0.25, 0.3) is 0 Å². The fourth-order valence-corrected chi connectivity index (χ4v) is 3.48. The molecule has 164 valence electrons. The van der Waals surface area contributed by atoms with E-state index in [9.17, 15) is 23.1 Å². The molecule has 1 saturated carbocycles. The van der Waals surface area contributed by atoms with Gasteiger partial charge in [0, 0.05) is 11.8 Å². The number of aromatic carboxylic acids is 1. The third kappa shape index (κ3) is 5.16. The quantitative estimate of drug-likeness (QED) is 0.628. The molecule has 1 aromatic carbocycles. The average Bonchev–Trinajstić information content (AvgIpc) is 3.58. The Morgan fingerprint density at radius 1 is 1.32 bits per heavy atom. The highest BCUT2D eigenvalue weighted by Gasteiger charge is 2.30. The van der Waals surface area contributed by atoms with Gasteiger partial charge in [-0.15, -0.1) is 0 Å². The summed E-state index contributed by atoms with van der Waals surface area (Å²) in [5.41, 5.74) is 2.33. The maximum absolute atomic E-state index is 12.9. The molecule has 1 fully saturated rings. The van der Waals surface area contributed by atoms with Gasteiger partial charge in [-0.05, 0) is 48.4 Å². The van der Waals surface area contributed by atoms with Crippen molar-refractivity contribution in [3.8, 4) is 5.75 Å². The molecule has 0 unspecified atom stereocenters. The highest BCUT2D eigenvalue weighted by molar-refractivity contribution is 5.94. The van der Waals surface area contributed by atoms with Crippen molar-refractivity contribution in [3.63, 3.8) is 0 Å². The Labute approximate surface area is 176 Å². The van der Waals surface area contributed by atoms with E-state index >= 15 is 0 Å². The number of nitrogens with zero attached hydrogens (tertiary/aromatic N) is 1. The van der Waals surface area contributed by atoms with E-state index in [0.29, 0.717) is 31.1 Å². The Balaban J connectivity index is 1.72. The third-order valence-electron chi connectivity index (χ3n) is 5.15. The normalized spacial score (nSPS) is 16.5. The van der Waals surface area contributed by atoms with Crippen molar-refractivity contribution < 1.29 is 32.5 Å². The molecule has 1 aliphatic carbocycles. The van der Waals surface area contributed by atoms with Crippen molar-refractivity contribution >= 4 is 23.0 Å². The van der Waals surface area contributed by atoms with E-state index in [0.717, 1.165) is 24.0 Å². The van der Waals surface area contributed by atoms with Crippen LogP contribution in [-0.2, 0) is 4.74 Å². The van der Waals surface area contributed by atoms with Crippen molar-refractivity contribution in [2.45, 2.75) is 31.4 Å². The van der Waals surface area contributed by atoms with Gasteiger partial charge in [0.15, 0.2) is 12.4 Å². The molecular formula is C22H21F3N2O4. The van der Waals surface area contributed by atoms with Gasteiger partial charge in [-0.3, -0.25) is 0 Å². The molecule has 31 heavy (non-hydrogen) atoms. The lowest BCUT2D eigenvalue weighted by Gasteiger charge is -2.21. The summed E-state index contributed by atoms with van der Waals surface area (Å²) in [6.45, 7) is -0.656. The summed E-state index contributed by atoms with van der Waals surface area (Å²) in [6, 6.07) is 6.46. The van der Waals surface area contributed by atoms with Crippen LogP contribution >= 0.6 is 0 Å². The Bertz CT molecular complexity index is 1020. The minimum Gasteiger partial charge on any atom is -0.481 e. The molecule has 0 atom stereocenters. The van der Waals surface area contributed by atoms with E-state index in [1.807, 2.05) is 0 Å². The first-order valence-electron chi connectivity index (χ1n) is 9.92. The van der Waals surface area contributed by atoms with Crippen LogP contribution in [0.25, 0.3) is 5.57 Å². The summed E-state index contributed by atoms with van der Waals surface area (Å²) in [6.07, 6.45) is 1.39. The van der Waals surface area contributed by atoms with E-state index in [1.54, 1.807) is 30.5 Å². The molecule has 6 nitrogen and oxygen atoms in total. The van der Waals surface area contributed by atoms with Crippen LogP contribution in [0.15, 0.2) is 36.5 Å². The van der Waals surface area contributed by atoms with E-state index in [4.69, 9.17) is 9.47 Å². The average molecular weight is 434 g/mol. The highest BCUT2D eigenvalue weighted by Crippen LogP contribution is 2.42. The number of rotatable bonds is 7. The Morgan fingerprint density at radius 2 is 2.13 bits per heavy atom. The van der Waals surface area contributed by atoms with Gasteiger partial charge in [-0.1, -0.05) is 18.2 Å². The van der Waals surface area contributed by atoms with Gasteiger partial charge in [-0.25, -0.2) is 9.78 Å². The van der Waals surface area contributed by atoms with Gasteiger partial charge in [-0.2, -0.15) is 13.2 Å². The number of hydrogen-bond acceptors (Lipinski definition) is 5. The fourth-order valence-electron chi connectivity index (χ4n) is 3.48. The van der Waals surface area contributed by atoms with E-state index < -0.39 is 18.8 Å². The lowest BCUT2D eigenvalue weighted by atomic mass is 9.99. The number of hydrogen-bond donors (Lipinski definition) is 2. The number of ether oxygens (including phenoxy) is 2. The van der Waals surface area contributed by atoms with Gasteiger partial charge >= 0.3 is 12.1 Å². The molecule has 2 aromatic rings. The van der Waals surface area contributed by atoms with Gasteiger partial charge in [0.1, 0.15) is 11.4 Å². The molecule has 0 amide bonds. The third-order valence-corrected chi connectivity index (χ3v) is 5.15. The predicted molar refractivity (Wildman–Crippen MR) is 108 cm³/mol. The minimum absolute atomic E-state index is 0.00242. The SMILES string of the molecule is O=C(O)c1cc(C2CC2)cnc1Nc1cccc(C2=CCOCC2)c1OCC(F)(F)F. The Hall–Kier alpha value is -3.07. The largest absolute Gasteiger partial charge is 0.481 e. The summed E-state index contributed by atoms with van der Waals surface area (Å²) in [7, 11) is 0. The molecule has 2 N–H and O–H groups in total. The number of carboxylic acid groups (broad SMARTS) is 1. The van der Waals surface area contributed by atoms with Gasteiger partial charge < -0.3 is 19.9 Å². The number of carboxylic acids is 1. The van der Waals surface area contributed by atoms with Gasteiger partial charge in [0.05, 0.1) is 18.9 Å². The lowest BCUT2D eigenvalue weighted by molar-refractivity contribution is -0.153. The van der Waals surface area contributed by atoms with E-state index in [1.165, 1.54) is 6.07 Å². The zero-order chi connectivity index (χ0) is 22.0. The van der Waals surface area contributed by atoms with Crippen LogP contribution in [0.4, 0.5) is 24.7 Å². The van der Waals surface area contributed by atoms with Crippen molar-refractivity contribution in [2.75, 3.05) is 25.1 Å². The maximum atomic E-state index is 12.9. The molecular weight excluding hydrogens is 413 g/mol. The second kappa shape index (κ2) is 8.58. The van der Waals surface area contributed by atoms with Crippen LogP contribution in [0.2, 0.25) is 0 Å². The maximum Gasteiger partial charge on any atom is 0.422 e. The standard InChI is InChI=1S/C22H21F3N2O4/c23-22(24,25)12-31-19-16(14-6-8-30-9-7-14)2-1-3-18(19)27-20-17(21(28)29)10-15(11-26-20)13-4-5-13/h1-3,6,10-11,13H,4-5,7-9,12H2,(H,26,27)(H,28,29). The predicted octanol–water partition coefficient (Wildman–Crippen LogP) is 5.15. The van der Waals surface area contributed by atoms with Gasteiger partial charge in [0.2, 0.25) is 0 Å². The van der Waals surface area contributed by atoms with Crippen molar-refractivity contribution in [1.82, 2.24) is 4.98 Å². The smallest absolute Gasteiger partial charge is 0.422 e. The van der Waals surface area contributed by atoms with E-state index in [2.05, 4.69) is 10.3 Å². The topological polar surface area (TPSA) is 80.7 Å². The van der Waals surface area contributed by atoms with Crippen LogP contribution in [0.1, 0.15) is 46.7 Å². The minimum atomic E-state index is -4.52. The number of aromatic nitrogens is 1. The van der Waals surface area contributed by atoms with Crippen LogP contribution in [0.3, 0.4) is 0 Å². The molecule has 1 aliphatic heterocycles. The first-order valence-corrected chi connectivity index (χ1v) is 9.92.